The fourth-order valence-electron chi connectivity index (χ4n) is 2.73. The number of hydrogen-bond acceptors (Lipinski definition) is 3. The SMILES string of the molecule is O=C(Nc1ccncn1)c1[nH]c(Cc2cc[nH+]cc2)[n+]2ccccc12. The summed E-state index contributed by atoms with van der Waals surface area (Å²) in [6.45, 7) is 0. The van der Waals surface area contributed by atoms with Crippen LogP contribution in [0.25, 0.3) is 5.52 Å². The molecule has 0 bridgehead atoms. The quantitative estimate of drug-likeness (QED) is 0.550. The highest BCUT2D eigenvalue weighted by molar-refractivity contribution is 6.06. The number of carbonyl (C=O) groups excluding carboxylic acids is 1. The van der Waals surface area contributed by atoms with E-state index in [9.17, 15) is 4.79 Å². The molecule has 4 aromatic rings. The third kappa shape index (κ3) is 3.07. The van der Waals surface area contributed by atoms with E-state index in [2.05, 4.69) is 25.3 Å². The molecule has 0 aliphatic carbocycles. The lowest BCUT2D eigenvalue weighted by Crippen LogP contribution is -2.24. The Balaban J connectivity index is 1.71. The molecule has 0 saturated heterocycles. The maximum absolute atomic E-state index is 12.7. The molecule has 0 aliphatic heterocycles. The molecule has 0 unspecified atom stereocenters. The second-order valence-electron chi connectivity index (χ2n) is 5.54. The lowest BCUT2D eigenvalue weighted by Gasteiger charge is -1.99. The molecule has 1 amide bonds. The number of hydrogen-bond donors (Lipinski definition) is 2. The van der Waals surface area contributed by atoms with Gasteiger partial charge < -0.3 is 5.32 Å². The third-order valence-electron chi connectivity index (χ3n) is 3.89. The molecule has 122 valence electrons. The van der Waals surface area contributed by atoms with Gasteiger partial charge in [0.1, 0.15) is 12.1 Å². The van der Waals surface area contributed by atoms with Gasteiger partial charge in [-0.1, -0.05) is 6.07 Å². The lowest BCUT2D eigenvalue weighted by atomic mass is 10.2. The van der Waals surface area contributed by atoms with Crippen molar-refractivity contribution in [3.8, 4) is 0 Å². The molecule has 4 aromatic heterocycles. The summed E-state index contributed by atoms with van der Waals surface area (Å²) in [6.07, 6.45) is 9.37. The van der Waals surface area contributed by atoms with Crippen LogP contribution in [0, 0.1) is 0 Å². The van der Waals surface area contributed by atoms with E-state index < -0.39 is 0 Å². The maximum atomic E-state index is 12.7. The molecule has 3 N–H and O–H groups in total. The van der Waals surface area contributed by atoms with Crippen molar-refractivity contribution in [3.05, 3.63) is 84.6 Å². The first-order valence-corrected chi connectivity index (χ1v) is 7.85. The number of fused-ring (bicyclic) bond motifs is 1. The van der Waals surface area contributed by atoms with Gasteiger partial charge >= 0.3 is 5.91 Å². The predicted molar refractivity (Wildman–Crippen MR) is 89.7 cm³/mol. The van der Waals surface area contributed by atoms with Crippen molar-refractivity contribution in [2.24, 2.45) is 0 Å². The number of nitrogens with one attached hydrogen (secondary N) is 3. The molecule has 4 rings (SSSR count). The lowest BCUT2D eigenvalue weighted by molar-refractivity contribution is -0.520. The number of rotatable bonds is 4. The molecule has 0 fully saturated rings. The number of aromatic amines is 2. The predicted octanol–water partition coefficient (Wildman–Crippen LogP) is 1.20. The van der Waals surface area contributed by atoms with E-state index in [0.29, 0.717) is 17.9 Å². The molecule has 0 aliphatic rings. The summed E-state index contributed by atoms with van der Waals surface area (Å²) in [4.78, 5) is 26.8. The summed E-state index contributed by atoms with van der Waals surface area (Å²) in [5.74, 6) is 1.15. The Hall–Kier alpha value is -3.61. The zero-order valence-electron chi connectivity index (χ0n) is 13.3. The standard InChI is InChI=1S/C18H14N6O/c25-18(22-15-6-9-20-12-21-15)17-14-3-1-2-10-24(14)16(23-17)11-13-4-7-19-8-5-13/h1-10,12H,11H2,(H,20,21,22,25)/p+2. The Kier molecular flexibility index (Phi) is 3.88. The number of H-pyrrole nitrogens is 2. The molecule has 7 heteroatoms. The van der Waals surface area contributed by atoms with Crippen molar-refractivity contribution in [1.29, 1.82) is 0 Å². The maximum Gasteiger partial charge on any atom is 0.301 e. The van der Waals surface area contributed by atoms with Gasteiger partial charge in [-0.25, -0.2) is 19.9 Å². The second-order valence-corrected chi connectivity index (χ2v) is 5.54. The van der Waals surface area contributed by atoms with Crippen LogP contribution in [0.15, 0.2) is 67.5 Å². The number of amides is 1. The minimum atomic E-state index is -0.241. The molecular weight excluding hydrogens is 316 g/mol. The van der Waals surface area contributed by atoms with Crippen LogP contribution in [0.5, 0.6) is 0 Å². The van der Waals surface area contributed by atoms with E-state index in [1.165, 1.54) is 6.33 Å². The van der Waals surface area contributed by atoms with E-state index in [0.717, 1.165) is 16.9 Å². The summed E-state index contributed by atoms with van der Waals surface area (Å²) < 4.78 is 1.99. The molecule has 0 radical (unpaired) electrons. The fourth-order valence-corrected chi connectivity index (χ4v) is 2.73. The van der Waals surface area contributed by atoms with Gasteiger partial charge in [0.05, 0.1) is 12.6 Å². The van der Waals surface area contributed by atoms with Crippen molar-refractivity contribution in [1.82, 2.24) is 15.0 Å². The van der Waals surface area contributed by atoms with Gasteiger partial charge in [0.15, 0.2) is 17.9 Å². The molecule has 0 saturated carbocycles. The highest BCUT2D eigenvalue weighted by atomic mass is 16.2. The van der Waals surface area contributed by atoms with Gasteiger partial charge in [-0.3, -0.25) is 4.79 Å². The van der Waals surface area contributed by atoms with Crippen LogP contribution in [0.4, 0.5) is 5.82 Å². The first-order chi connectivity index (χ1) is 12.3. The van der Waals surface area contributed by atoms with E-state index in [4.69, 9.17) is 0 Å². The molecular formula is C18H16N6O+2. The van der Waals surface area contributed by atoms with Crippen molar-refractivity contribution in [3.63, 3.8) is 0 Å². The van der Waals surface area contributed by atoms with Crippen LogP contribution >= 0.6 is 0 Å². The van der Waals surface area contributed by atoms with Gasteiger partial charge in [0.25, 0.3) is 5.82 Å². The Bertz CT molecular complexity index is 1010. The largest absolute Gasteiger partial charge is 0.303 e. The molecule has 25 heavy (non-hydrogen) atoms. The number of aromatic nitrogens is 5. The summed E-state index contributed by atoms with van der Waals surface area (Å²) in [6, 6.07) is 11.4. The third-order valence-corrected chi connectivity index (χ3v) is 3.89. The molecule has 0 aromatic carbocycles. The van der Waals surface area contributed by atoms with Gasteiger partial charge in [0, 0.05) is 18.3 Å². The average molecular weight is 332 g/mol. The molecule has 0 spiro atoms. The van der Waals surface area contributed by atoms with E-state index in [1.54, 1.807) is 12.3 Å². The highest BCUT2D eigenvalue weighted by Crippen LogP contribution is 2.12. The number of nitrogens with zero attached hydrogens (tertiary/aromatic N) is 3. The monoisotopic (exact) mass is 332 g/mol. The number of anilines is 1. The van der Waals surface area contributed by atoms with Gasteiger partial charge in [0.2, 0.25) is 5.69 Å². The summed E-state index contributed by atoms with van der Waals surface area (Å²) in [5, 5.41) is 2.79. The summed E-state index contributed by atoms with van der Waals surface area (Å²) >= 11 is 0. The Morgan fingerprint density at radius 2 is 2.08 bits per heavy atom. The molecule has 0 atom stereocenters. The van der Waals surface area contributed by atoms with Crippen LogP contribution in [-0.4, -0.2) is 20.9 Å². The number of carbonyl (C=O) groups is 1. The Labute approximate surface area is 143 Å². The normalized spacial score (nSPS) is 10.7. The Morgan fingerprint density at radius 3 is 2.88 bits per heavy atom. The number of pyridine rings is 2. The summed E-state index contributed by atoms with van der Waals surface area (Å²) in [5.41, 5.74) is 2.45. The van der Waals surface area contributed by atoms with Crippen LogP contribution in [-0.2, 0) is 6.42 Å². The van der Waals surface area contributed by atoms with Crippen LogP contribution in [0.2, 0.25) is 0 Å². The van der Waals surface area contributed by atoms with Crippen molar-refractivity contribution >= 4 is 17.2 Å². The highest BCUT2D eigenvalue weighted by Gasteiger charge is 2.24. The van der Waals surface area contributed by atoms with Crippen molar-refractivity contribution < 1.29 is 14.2 Å². The minimum absolute atomic E-state index is 0.241. The number of imidazole rings is 1. The second kappa shape index (κ2) is 6.48. The van der Waals surface area contributed by atoms with Crippen LogP contribution < -0.4 is 14.7 Å². The molecule has 7 nitrogen and oxygen atoms in total. The minimum Gasteiger partial charge on any atom is -0.303 e. The zero-order chi connectivity index (χ0) is 17.1. The first kappa shape index (κ1) is 14.9. The average Bonchev–Trinajstić information content (AvgIpc) is 3.02. The Morgan fingerprint density at radius 1 is 1.20 bits per heavy atom. The van der Waals surface area contributed by atoms with Crippen molar-refractivity contribution in [2.45, 2.75) is 6.42 Å². The fraction of sp³-hybridized carbons (Fsp3) is 0.0556. The van der Waals surface area contributed by atoms with E-state index in [-0.39, 0.29) is 5.91 Å². The summed E-state index contributed by atoms with van der Waals surface area (Å²) in [7, 11) is 0. The van der Waals surface area contributed by atoms with Crippen molar-refractivity contribution in [2.75, 3.05) is 5.32 Å². The van der Waals surface area contributed by atoms with Crippen LogP contribution in [0.1, 0.15) is 21.9 Å². The topological polar surface area (TPSA) is 88.9 Å². The zero-order valence-corrected chi connectivity index (χ0v) is 13.3. The molecule has 4 heterocycles. The van der Waals surface area contributed by atoms with Gasteiger partial charge in [-0.2, -0.15) is 4.40 Å². The van der Waals surface area contributed by atoms with E-state index >= 15 is 0 Å². The van der Waals surface area contributed by atoms with Crippen LogP contribution in [0.3, 0.4) is 0 Å². The van der Waals surface area contributed by atoms with Gasteiger partial charge in [-0.05, 0) is 23.8 Å². The first-order valence-electron chi connectivity index (χ1n) is 7.85. The smallest absolute Gasteiger partial charge is 0.301 e. The van der Waals surface area contributed by atoms with Gasteiger partial charge in [-0.15, -0.1) is 0 Å². The van der Waals surface area contributed by atoms with E-state index in [1.807, 2.05) is 53.3 Å².